The molecule has 1 spiro atoms. The number of nitrogens with zero attached hydrogens (tertiary/aromatic N) is 3. The number of halogens is 2. The molecule has 0 saturated carbocycles. The summed E-state index contributed by atoms with van der Waals surface area (Å²) in [6.45, 7) is 2.93. The van der Waals surface area contributed by atoms with Gasteiger partial charge in [0.05, 0.1) is 28.9 Å². The van der Waals surface area contributed by atoms with Crippen LogP contribution in [0.3, 0.4) is 0 Å². The number of nitrogens with one attached hydrogen (secondary N) is 1. The number of para-hydroxylation sites is 1. The number of hydrogen-bond acceptors (Lipinski definition) is 6. The molecule has 0 bridgehead atoms. The van der Waals surface area contributed by atoms with E-state index < -0.39 is 5.79 Å². The normalized spacial score (nSPS) is 19.4. The molecular weight excluding hydrogens is 363 g/mol. The Labute approximate surface area is 156 Å². The molecule has 2 aromatic rings. The van der Waals surface area contributed by atoms with Crippen LogP contribution in [0.5, 0.6) is 0 Å². The van der Waals surface area contributed by atoms with Crippen molar-refractivity contribution in [3.8, 4) is 0 Å². The van der Waals surface area contributed by atoms with Crippen molar-refractivity contribution in [1.82, 2.24) is 9.97 Å². The predicted molar refractivity (Wildman–Crippen MR) is 97.9 cm³/mol. The van der Waals surface area contributed by atoms with Gasteiger partial charge in [0, 0.05) is 32.1 Å². The van der Waals surface area contributed by atoms with Gasteiger partial charge in [0.1, 0.15) is 5.82 Å². The molecule has 2 saturated heterocycles. The average Bonchev–Trinajstić information content (AvgIpc) is 3.07. The van der Waals surface area contributed by atoms with Crippen LogP contribution in [0, 0.1) is 0 Å². The SMILES string of the molecule is Clc1cccc(Cl)c1Nc1ccnc(N2CCC3(CC2)OCCO3)n1. The second kappa shape index (κ2) is 6.96. The molecule has 132 valence electrons. The summed E-state index contributed by atoms with van der Waals surface area (Å²) >= 11 is 12.4. The van der Waals surface area contributed by atoms with Gasteiger partial charge >= 0.3 is 0 Å². The molecule has 8 heteroatoms. The van der Waals surface area contributed by atoms with Crippen LogP contribution in [0.1, 0.15) is 12.8 Å². The van der Waals surface area contributed by atoms with Crippen molar-refractivity contribution in [1.29, 1.82) is 0 Å². The molecule has 2 aliphatic heterocycles. The van der Waals surface area contributed by atoms with E-state index in [1.807, 2.05) is 0 Å². The van der Waals surface area contributed by atoms with Gasteiger partial charge in [0.25, 0.3) is 0 Å². The van der Waals surface area contributed by atoms with E-state index in [1.165, 1.54) is 0 Å². The van der Waals surface area contributed by atoms with Crippen LogP contribution in [-0.2, 0) is 9.47 Å². The molecule has 2 fully saturated rings. The zero-order valence-electron chi connectivity index (χ0n) is 13.5. The summed E-state index contributed by atoms with van der Waals surface area (Å²) in [5, 5.41) is 4.27. The Morgan fingerprint density at radius 1 is 1.04 bits per heavy atom. The molecule has 25 heavy (non-hydrogen) atoms. The second-order valence-corrected chi connectivity index (χ2v) is 6.87. The first-order valence-corrected chi connectivity index (χ1v) is 8.98. The second-order valence-electron chi connectivity index (χ2n) is 6.06. The number of aromatic nitrogens is 2. The van der Waals surface area contributed by atoms with Crippen molar-refractivity contribution in [2.24, 2.45) is 0 Å². The van der Waals surface area contributed by atoms with Gasteiger partial charge in [-0.15, -0.1) is 0 Å². The highest BCUT2D eigenvalue weighted by atomic mass is 35.5. The van der Waals surface area contributed by atoms with E-state index in [4.69, 9.17) is 32.7 Å². The molecule has 1 N–H and O–H groups in total. The fraction of sp³-hybridized carbons (Fsp3) is 0.412. The molecule has 4 rings (SSSR count). The number of benzene rings is 1. The first kappa shape index (κ1) is 16.8. The topological polar surface area (TPSA) is 59.5 Å². The highest BCUT2D eigenvalue weighted by Gasteiger charge is 2.40. The lowest BCUT2D eigenvalue weighted by Gasteiger charge is -2.37. The molecule has 0 amide bonds. The third-order valence-corrected chi connectivity index (χ3v) is 5.11. The first-order valence-electron chi connectivity index (χ1n) is 8.22. The molecule has 0 aliphatic carbocycles. The number of hydrogen-bond donors (Lipinski definition) is 1. The van der Waals surface area contributed by atoms with Crippen LogP contribution in [0.2, 0.25) is 10.0 Å². The summed E-state index contributed by atoms with van der Waals surface area (Å²) in [6, 6.07) is 7.16. The molecule has 1 aromatic carbocycles. The van der Waals surface area contributed by atoms with Crippen LogP contribution < -0.4 is 10.2 Å². The monoisotopic (exact) mass is 380 g/mol. The molecule has 0 radical (unpaired) electrons. The van der Waals surface area contributed by atoms with Gasteiger partial charge in [-0.1, -0.05) is 29.3 Å². The van der Waals surface area contributed by atoms with Crippen LogP contribution in [0.15, 0.2) is 30.5 Å². The lowest BCUT2D eigenvalue weighted by molar-refractivity contribution is -0.169. The highest BCUT2D eigenvalue weighted by molar-refractivity contribution is 6.39. The summed E-state index contributed by atoms with van der Waals surface area (Å²) in [6.07, 6.45) is 3.34. The highest BCUT2D eigenvalue weighted by Crippen LogP contribution is 2.34. The van der Waals surface area contributed by atoms with Crippen molar-refractivity contribution in [3.05, 3.63) is 40.5 Å². The fourth-order valence-electron chi connectivity index (χ4n) is 3.15. The van der Waals surface area contributed by atoms with Crippen LogP contribution in [0.4, 0.5) is 17.5 Å². The Morgan fingerprint density at radius 3 is 2.40 bits per heavy atom. The molecule has 0 unspecified atom stereocenters. The summed E-state index contributed by atoms with van der Waals surface area (Å²) in [5.74, 6) is 0.909. The minimum Gasteiger partial charge on any atom is -0.347 e. The Bertz CT molecular complexity index is 738. The van der Waals surface area contributed by atoms with E-state index >= 15 is 0 Å². The van der Waals surface area contributed by atoms with E-state index in [2.05, 4.69) is 20.2 Å². The quantitative estimate of drug-likeness (QED) is 0.871. The molecular formula is C17H18Cl2N4O2. The minimum absolute atomic E-state index is 0.405. The Hall–Kier alpha value is -1.60. The van der Waals surface area contributed by atoms with Crippen molar-refractivity contribution < 1.29 is 9.47 Å². The number of anilines is 3. The van der Waals surface area contributed by atoms with E-state index in [0.717, 1.165) is 25.9 Å². The summed E-state index contributed by atoms with van der Waals surface area (Å²) in [4.78, 5) is 11.1. The number of ether oxygens (including phenoxy) is 2. The lowest BCUT2D eigenvalue weighted by atomic mass is 10.0. The zero-order valence-corrected chi connectivity index (χ0v) is 15.1. The maximum absolute atomic E-state index is 6.21. The predicted octanol–water partition coefficient (Wildman–Crippen LogP) is 3.87. The smallest absolute Gasteiger partial charge is 0.227 e. The number of rotatable bonds is 3. The molecule has 1 aromatic heterocycles. The molecule has 6 nitrogen and oxygen atoms in total. The molecule has 2 aliphatic rings. The van der Waals surface area contributed by atoms with E-state index in [-0.39, 0.29) is 0 Å². The number of piperidine rings is 1. The van der Waals surface area contributed by atoms with Crippen molar-refractivity contribution in [2.45, 2.75) is 18.6 Å². The van der Waals surface area contributed by atoms with E-state index in [1.54, 1.807) is 30.5 Å². The third kappa shape index (κ3) is 3.53. The Kier molecular flexibility index (Phi) is 4.69. The van der Waals surface area contributed by atoms with Gasteiger partial charge in [-0.05, 0) is 18.2 Å². The fourth-order valence-corrected chi connectivity index (χ4v) is 3.64. The lowest BCUT2D eigenvalue weighted by Crippen LogP contribution is -2.45. The average molecular weight is 381 g/mol. The maximum Gasteiger partial charge on any atom is 0.227 e. The van der Waals surface area contributed by atoms with E-state index in [9.17, 15) is 0 Å². The summed E-state index contributed by atoms with van der Waals surface area (Å²) in [5.41, 5.74) is 0.640. The van der Waals surface area contributed by atoms with Crippen molar-refractivity contribution in [3.63, 3.8) is 0 Å². The van der Waals surface area contributed by atoms with Crippen LogP contribution in [0.25, 0.3) is 0 Å². The molecule has 0 atom stereocenters. The zero-order chi connectivity index (χ0) is 17.3. The van der Waals surface area contributed by atoms with Crippen molar-refractivity contribution >= 4 is 40.7 Å². The van der Waals surface area contributed by atoms with Gasteiger partial charge in [-0.3, -0.25) is 0 Å². The van der Waals surface area contributed by atoms with Crippen LogP contribution >= 0.6 is 23.2 Å². The minimum atomic E-state index is -0.405. The van der Waals surface area contributed by atoms with Gasteiger partial charge < -0.3 is 19.7 Å². The summed E-state index contributed by atoms with van der Waals surface area (Å²) in [7, 11) is 0. The Morgan fingerprint density at radius 2 is 1.72 bits per heavy atom. The third-order valence-electron chi connectivity index (χ3n) is 4.48. The Balaban J connectivity index is 1.48. The van der Waals surface area contributed by atoms with Gasteiger partial charge in [-0.2, -0.15) is 4.98 Å². The van der Waals surface area contributed by atoms with Crippen molar-refractivity contribution in [2.75, 3.05) is 36.5 Å². The summed E-state index contributed by atoms with van der Waals surface area (Å²) < 4.78 is 11.5. The van der Waals surface area contributed by atoms with Gasteiger partial charge in [0.2, 0.25) is 5.95 Å². The first-order chi connectivity index (χ1) is 12.2. The molecule has 3 heterocycles. The van der Waals surface area contributed by atoms with Gasteiger partial charge in [-0.25, -0.2) is 4.98 Å². The van der Waals surface area contributed by atoms with E-state index in [0.29, 0.717) is 40.7 Å². The largest absolute Gasteiger partial charge is 0.347 e. The van der Waals surface area contributed by atoms with Crippen LogP contribution in [-0.4, -0.2) is 42.1 Å². The standard InChI is InChI=1S/C17H18Cl2N4O2/c18-12-2-1-3-13(19)15(12)21-14-4-7-20-16(22-14)23-8-5-17(6-9-23)24-10-11-25-17/h1-4,7H,5-6,8-11H2,(H,20,21,22). The maximum atomic E-state index is 6.21. The van der Waals surface area contributed by atoms with Gasteiger partial charge in [0.15, 0.2) is 5.79 Å².